The molecule has 0 saturated carbocycles. The highest BCUT2D eigenvalue weighted by atomic mass is 32.1. The van der Waals surface area contributed by atoms with Gasteiger partial charge in [0.05, 0.1) is 16.1 Å². The van der Waals surface area contributed by atoms with E-state index in [0.717, 1.165) is 16.1 Å². The molecule has 3 nitrogen and oxygen atoms in total. The molecule has 1 amide bonds. The normalized spacial score (nSPS) is 10.4. The number of hydrogen-bond donors (Lipinski definition) is 1. The molecule has 5 heteroatoms. The zero-order chi connectivity index (χ0) is 15.4. The van der Waals surface area contributed by atoms with Crippen molar-refractivity contribution in [1.82, 2.24) is 10.3 Å². The monoisotopic (exact) mass is 312 g/mol. The summed E-state index contributed by atoms with van der Waals surface area (Å²) in [4.78, 5) is 17.4. The van der Waals surface area contributed by atoms with E-state index in [2.05, 4.69) is 10.3 Å². The Balaban J connectivity index is 1.71. The molecule has 0 saturated heterocycles. The van der Waals surface area contributed by atoms with Crippen LogP contribution in [0.3, 0.4) is 0 Å². The van der Waals surface area contributed by atoms with Crippen molar-refractivity contribution in [3.05, 3.63) is 77.1 Å². The van der Waals surface area contributed by atoms with Crippen LogP contribution >= 0.6 is 11.3 Å². The number of amides is 1. The molecule has 3 aromatic rings. The van der Waals surface area contributed by atoms with Crippen molar-refractivity contribution in [1.29, 1.82) is 0 Å². The van der Waals surface area contributed by atoms with Crippen LogP contribution in [0.25, 0.3) is 10.6 Å². The van der Waals surface area contributed by atoms with Gasteiger partial charge in [0.2, 0.25) is 0 Å². The lowest BCUT2D eigenvalue weighted by molar-refractivity contribution is 0.0947. The summed E-state index contributed by atoms with van der Waals surface area (Å²) in [6.45, 7) is 0.327. The third-order valence-corrected chi connectivity index (χ3v) is 4.06. The second-order valence-corrected chi connectivity index (χ2v) is 5.64. The largest absolute Gasteiger partial charge is 0.348 e. The molecular weight excluding hydrogens is 299 g/mol. The molecule has 110 valence electrons. The number of thiophene rings is 1. The molecule has 0 aliphatic rings. The van der Waals surface area contributed by atoms with Gasteiger partial charge in [-0.15, -0.1) is 11.3 Å². The van der Waals surface area contributed by atoms with E-state index in [4.69, 9.17) is 0 Å². The Morgan fingerprint density at radius 2 is 2.05 bits per heavy atom. The number of nitrogens with zero attached hydrogens (tertiary/aromatic N) is 1. The molecule has 0 unspecified atom stereocenters. The van der Waals surface area contributed by atoms with Crippen molar-refractivity contribution in [2.24, 2.45) is 0 Å². The van der Waals surface area contributed by atoms with E-state index in [0.29, 0.717) is 6.54 Å². The van der Waals surface area contributed by atoms with Crippen LogP contribution in [0.5, 0.6) is 0 Å². The fraction of sp³-hybridized carbons (Fsp3) is 0.0588. The molecule has 2 heterocycles. The minimum atomic E-state index is -0.519. The minimum absolute atomic E-state index is 0.0510. The summed E-state index contributed by atoms with van der Waals surface area (Å²) in [5, 5.41) is 4.71. The molecule has 1 aromatic carbocycles. The van der Waals surface area contributed by atoms with E-state index in [1.807, 2.05) is 29.6 Å². The van der Waals surface area contributed by atoms with Crippen LogP contribution in [0.1, 0.15) is 15.9 Å². The lowest BCUT2D eigenvalue weighted by Gasteiger charge is -2.07. The Bertz CT molecular complexity index is 787. The number of hydrogen-bond acceptors (Lipinski definition) is 3. The van der Waals surface area contributed by atoms with Crippen molar-refractivity contribution >= 4 is 17.2 Å². The van der Waals surface area contributed by atoms with Crippen LogP contribution in [0.4, 0.5) is 4.39 Å². The Hall–Kier alpha value is -2.53. The van der Waals surface area contributed by atoms with Crippen LogP contribution in [-0.2, 0) is 6.54 Å². The van der Waals surface area contributed by atoms with Crippen LogP contribution in [0.15, 0.2) is 60.1 Å². The molecule has 0 atom stereocenters. The summed E-state index contributed by atoms with van der Waals surface area (Å²) in [6.07, 6.45) is 1.71. The predicted octanol–water partition coefficient (Wildman–Crippen LogP) is 3.88. The van der Waals surface area contributed by atoms with E-state index >= 15 is 0 Å². The van der Waals surface area contributed by atoms with E-state index in [-0.39, 0.29) is 5.56 Å². The number of carbonyl (C=O) groups is 1. The van der Waals surface area contributed by atoms with Gasteiger partial charge in [0.1, 0.15) is 5.82 Å². The number of halogens is 1. The third-order valence-electron chi connectivity index (χ3n) is 3.17. The lowest BCUT2D eigenvalue weighted by atomic mass is 10.1. The second-order valence-electron chi connectivity index (χ2n) is 4.69. The number of pyridine rings is 1. The SMILES string of the molecule is O=C(NCc1ccnc(-c2cccs2)c1)c1ccccc1F. The molecule has 3 rings (SSSR count). The molecule has 0 aliphatic carbocycles. The fourth-order valence-corrected chi connectivity index (χ4v) is 2.76. The Kier molecular flexibility index (Phi) is 4.25. The maximum absolute atomic E-state index is 13.5. The molecule has 0 bridgehead atoms. The first-order valence-corrected chi connectivity index (χ1v) is 7.63. The summed E-state index contributed by atoms with van der Waals surface area (Å²) >= 11 is 1.61. The summed E-state index contributed by atoms with van der Waals surface area (Å²) < 4.78 is 13.5. The van der Waals surface area contributed by atoms with Gasteiger partial charge < -0.3 is 5.32 Å². The highest BCUT2D eigenvalue weighted by Crippen LogP contribution is 2.23. The number of nitrogens with one attached hydrogen (secondary N) is 1. The first-order chi connectivity index (χ1) is 10.7. The van der Waals surface area contributed by atoms with E-state index < -0.39 is 11.7 Å². The number of aromatic nitrogens is 1. The summed E-state index contributed by atoms with van der Waals surface area (Å²) in [5.41, 5.74) is 1.84. The molecule has 2 aromatic heterocycles. The predicted molar refractivity (Wildman–Crippen MR) is 85.1 cm³/mol. The Morgan fingerprint density at radius 1 is 1.18 bits per heavy atom. The zero-order valence-electron chi connectivity index (χ0n) is 11.6. The lowest BCUT2D eigenvalue weighted by Crippen LogP contribution is -2.23. The quantitative estimate of drug-likeness (QED) is 0.794. The Morgan fingerprint density at radius 3 is 2.82 bits per heavy atom. The highest BCUT2D eigenvalue weighted by molar-refractivity contribution is 7.13. The van der Waals surface area contributed by atoms with E-state index in [1.54, 1.807) is 29.7 Å². The molecule has 0 aliphatic heterocycles. The topological polar surface area (TPSA) is 42.0 Å². The van der Waals surface area contributed by atoms with Crippen molar-refractivity contribution in [2.75, 3.05) is 0 Å². The van der Waals surface area contributed by atoms with Gasteiger partial charge in [0.25, 0.3) is 5.91 Å². The number of benzene rings is 1. The van der Waals surface area contributed by atoms with Crippen molar-refractivity contribution in [3.63, 3.8) is 0 Å². The van der Waals surface area contributed by atoms with Crippen LogP contribution in [-0.4, -0.2) is 10.9 Å². The van der Waals surface area contributed by atoms with Crippen molar-refractivity contribution < 1.29 is 9.18 Å². The molecule has 22 heavy (non-hydrogen) atoms. The number of rotatable bonds is 4. The molecular formula is C17H13FN2OS. The van der Waals surface area contributed by atoms with Gasteiger partial charge in [0, 0.05) is 12.7 Å². The van der Waals surface area contributed by atoms with Crippen LogP contribution in [0.2, 0.25) is 0 Å². The average Bonchev–Trinajstić information content (AvgIpc) is 3.08. The Labute approximate surface area is 131 Å². The van der Waals surface area contributed by atoms with Crippen LogP contribution < -0.4 is 5.32 Å². The second kappa shape index (κ2) is 6.49. The van der Waals surface area contributed by atoms with Crippen LogP contribution in [0, 0.1) is 5.82 Å². The average molecular weight is 312 g/mol. The first kappa shape index (κ1) is 14.4. The van der Waals surface area contributed by atoms with E-state index in [1.165, 1.54) is 12.1 Å². The maximum atomic E-state index is 13.5. The van der Waals surface area contributed by atoms with Gasteiger partial charge >= 0.3 is 0 Å². The smallest absolute Gasteiger partial charge is 0.254 e. The maximum Gasteiger partial charge on any atom is 0.254 e. The summed E-state index contributed by atoms with van der Waals surface area (Å²) in [5.74, 6) is -0.943. The van der Waals surface area contributed by atoms with Crippen molar-refractivity contribution in [2.45, 2.75) is 6.54 Å². The third kappa shape index (κ3) is 3.20. The summed E-state index contributed by atoms with van der Waals surface area (Å²) in [6, 6.07) is 13.7. The van der Waals surface area contributed by atoms with Gasteiger partial charge in [-0.25, -0.2) is 4.39 Å². The molecule has 0 radical (unpaired) electrons. The first-order valence-electron chi connectivity index (χ1n) is 6.75. The van der Waals surface area contributed by atoms with Gasteiger partial charge in [-0.2, -0.15) is 0 Å². The van der Waals surface area contributed by atoms with Gasteiger partial charge in [-0.3, -0.25) is 9.78 Å². The van der Waals surface area contributed by atoms with Gasteiger partial charge in [-0.1, -0.05) is 18.2 Å². The van der Waals surface area contributed by atoms with E-state index in [9.17, 15) is 9.18 Å². The fourth-order valence-electron chi connectivity index (χ4n) is 2.07. The number of carbonyl (C=O) groups excluding carboxylic acids is 1. The van der Waals surface area contributed by atoms with Crippen molar-refractivity contribution in [3.8, 4) is 10.6 Å². The minimum Gasteiger partial charge on any atom is -0.348 e. The molecule has 0 fully saturated rings. The van der Waals surface area contributed by atoms with Gasteiger partial charge in [0.15, 0.2) is 0 Å². The molecule has 0 spiro atoms. The summed E-state index contributed by atoms with van der Waals surface area (Å²) in [7, 11) is 0. The standard InChI is InChI=1S/C17H13FN2OS/c18-14-5-2-1-4-13(14)17(21)20-11-12-7-8-19-15(10-12)16-6-3-9-22-16/h1-10H,11H2,(H,20,21). The molecule has 1 N–H and O–H groups in total. The highest BCUT2D eigenvalue weighted by Gasteiger charge is 2.10. The zero-order valence-corrected chi connectivity index (χ0v) is 12.4. The van der Waals surface area contributed by atoms with Gasteiger partial charge in [-0.05, 0) is 41.3 Å².